The molecular weight excluding hydrogens is 290 g/mol. The molecule has 1 aromatic carbocycles. The number of carboxylic acids is 1. The van der Waals surface area contributed by atoms with Crippen LogP contribution in [0.15, 0.2) is 42.6 Å². The van der Waals surface area contributed by atoms with Crippen molar-refractivity contribution in [2.45, 2.75) is 12.3 Å². The van der Waals surface area contributed by atoms with E-state index in [-0.39, 0.29) is 6.61 Å². The molecule has 8 heteroatoms. The van der Waals surface area contributed by atoms with E-state index in [1.807, 2.05) is 6.07 Å². The van der Waals surface area contributed by atoms with Crippen molar-refractivity contribution in [2.75, 3.05) is 6.54 Å². The van der Waals surface area contributed by atoms with Crippen LogP contribution in [0.3, 0.4) is 0 Å². The molecule has 1 aliphatic heterocycles. The summed E-state index contributed by atoms with van der Waals surface area (Å²) in [6.07, 6.45) is 2.33. The normalized spacial score (nSPS) is 20.4. The van der Waals surface area contributed by atoms with Crippen LogP contribution in [-0.4, -0.2) is 40.2 Å². The van der Waals surface area contributed by atoms with Crippen molar-refractivity contribution in [3.63, 3.8) is 0 Å². The quantitative estimate of drug-likeness (QED) is 0.659. The maximum Gasteiger partial charge on any atom is 0.351 e. The lowest BCUT2D eigenvalue weighted by molar-refractivity contribution is -0.150. The number of nitrogens with two attached hydrogens (primary N) is 1. The van der Waals surface area contributed by atoms with Crippen LogP contribution in [0.25, 0.3) is 0 Å². The monoisotopic (exact) mass is 305 g/mol. The van der Waals surface area contributed by atoms with Crippen LogP contribution in [0.2, 0.25) is 0 Å². The van der Waals surface area contributed by atoms with E-state index in [2.05, 4.69) is 5.32 Å². The maximum absolute atomic E-state index is 12.0. The van der Waals surface area contributed by atoms with Gasteiger partial charge in [-0.3, -0.25) is 15.4 Å². The Kier molecular flexibility index (Phi) is 4.42. The Labute approximate surface area is 126 Å². The number of urea groups is 1. The Hall–Kier alpha value is -2.87. The van der Waals surface area contributed by atoms with E-state index in [4.69, 9.17) is 15.6 Å². The van der Waals surface area contributed by atoms with Crippen molar-refractivity contribution in [3.8, 4) is 0 Å². The van der Waals surface area contributed by atoms with E-state index in [0.29, 0.717) is 0 Å². The third-order valence-corrected chi connectivity index (χ3v) is 2.95. The number of carbonyl (C=O) groups excluding carboxylic acids is 2. The second-order valence-electron chi connectivity index (χ2n) is 4.70. The zero-order valence-corrected chi connectivity index (χ0v) is 11.6. The fourth-order valence-corrected chi connectivity index (χ4v) is 1.80. The number of hydrogen-bond donors (Lipinski definition) is 3. The number of carbonyl (C=O) groups is 3. The van der Waals surface area contributed by atoms with Crippen LogP contribution >= 0.6 is 0 Å². The van der Waals surface area contributed by atoms with E-state index in [1.165, 1.54) is 6.08 Å². The van der Waals surface area contributed by atoms with Crippen molar-refractivity contribution in [1.29, 1.82) is 0 Å². The van der Waals surface area contributed by atoms with Gasteiger partial charge in [-0.05, 0) is 11.6 Å². The number of aliphatic carboxylic acids is 1. The average molecular weight is 305 g/mol. The molecule has 2 amide bonds. The van der Waals surface area contributed by atoms with Gasteiger partial charge in [0, 0.05) is 6.20 Å². The van der Waals surface area contributed by atoms with E-state index in [1.54, 1.807) is 24.3 Å². The van der Waals surface area contributed by atoms with Gasteiger partial charge < -0.3 is 15.2 Å². The minimum absolute atomic E-state index is 0.0151. The molecule has 1 unspecified atom stereocenters. The Morgan fingerprint density at radius 3 is 2.59 bits per heavy atom. The van der Waals surface area contributed by atoms with E-state index >= 15 is 0 Å². The molecule has 0 saturated carbocycles. The van der Waals surface area contributed by atoms with Crippen LogP contribution < -0.4 is 11.1 Å². The first-order chi connectivity index (χ1) is 10.4. The number of amides is 2. The predicted molar refractivity (Wildman–Crippen MR) is 75.2 cm³/mol. The highest BCUT2D eigenvalue weighted by Gasteiger charge is 2.39. The first kappa shape index (κ1) is 15.5. The summed E-state index contributed by atoms with van der Waals surface area (Å²) in [5.41, 5.74) is 4.74. The van der Waals surface area contributed by atoms with Gasteiger partial charge in [-0.25, -0.2) is 9.59 Å². The molecule has 0 radical (unpaired) electrons. The third-order valence-electron chi connectivity index (χ3n) is 2.95. The Morgan fingerprint density at radius 1 is 1.32 bits per heavy atom. The minimum atomic E-state index is -1.82. The summed E-state index contributed by atoms with van der Waals surface area (Å²) < 4.78 is 5.07. The van der Waals surface area contributed by atoms with Crippen LogP contribution in [-0.2, 0) is 20.9 Å². The first-order valence-corrected chi connectivity index (χ1v) is 6.41. The summed E-state index contributed by atoms with van der Waals surface area (Å²) >= 11 is 0. The van der Waals surface area contributed by atoms with E-state index in [9.17, 15) is 14.4 Å². The van der Waals surface area contributed by atoms with Gasteiger partial charge in [0.15, 0.2) is 0 Å². The summed E-state index contributed by atoms with van der Waals surface area (Å²) in [6.45, 7) is -0.515. The Balaban J connectivity index is 2.00. The first-order valence-electron chi connectivity index (χ1n) is 6.41. The highest BCUT2D eigenvalue weighted by Crippen LogP contribution is 2.12. The molecule has 4 N–H and O–H groups in total. The Morgan fingerprint density at radius 2 is 2.00 bits per heavy atom. The van der Waals surface area contributed by atoms with Crippen molar-refractivity contribution in [3.05, 3.63) is 48.2 Å². The van der Waals surface area contributed by atoms with Crippen molar-refractivity contribution in [2.24, 2.45) is 5.73 Å². The summed E-state index contributed by atoms with van der Waals surface area (Å²) in [5, 5.41) is 10.9. The molecule has 0 aromatic heterocycles. The SMILES string of the molecule is NC1(C(=O)OCc2ccccc2)C=CN(CC(=O)O)C(=O)N1. The lowest BCUT2D eigenvalue weighted by Crippen LogP contribution is -2.65. The molecule has 0 spiro atoms. The molecular formula is C14H15N3O5. The molecule has 1 aromatic rings. The number of esters is 1. The van der Waals surface area contributed by atoms with Gasteiger partial charge in [0.25, 0.3) is 0 Å². The van der Waals surface area contributed by atoms with Crippen LogP contribution in [0.5, 0.6) is 0 Å². The zero-order chi connectivity index (χ0) is 16.2. The zero-order valence-electron chi connectivity index (χ0n) is 11.6. The number of nitrogens with zero attached hydrogens (tertiary/aromatic N) is 1. The second kappa shape index (κ2) is 6.27. The Bertz CT molecular complexity index is 616. The molecule has 116 valence electrons. The van der Waals surface area contributed by atoms with Gasteiger partial charge in [-0.15, -0.1) is 0 Å². The topological polar surface area (TPSA) is 122 Å². The maximum atomic E-state index is 12.0. The lowest BCUT2D eigenvalue weighted by Gasteiger charge is -2.32. The number of nitrogens with one attached hydrogen (secondary N) is 1. The van der Waals surface area contributed by atoms with Gasteiger partial charge in [-0.1, -0.05) is 30.3 Å². The fourth-order valence-electron chi connectivity index (χ4n) is 1.80. The van der Waals surface area contributed by atoms with Gasteiger partial charge in [-0.2, -0.15) is 0 Å². The highest BCUT2D eigenvalue weighted by atomic mass is 16.5. The summed E-state index contributed by atoms with van der Waals surface area (Å²) in [6, 6.07) is 8.20. The van der Waals surface area contributed by atoms with E-state index in [0.717, 1.165) is 16.7 Å². The number of carboxylic acid groups (broad SMARTS) is 1. The average Bonchev–Trinajstić information content (AvgIpc) is 2.48. The summed E-state index contributed by atoms with van der Waals surface area (Å²) in [4.78, 5) is 35.2. The molecule has 0 aliphatic carbocycles. The number of rotatable bonds is 5. The van der Waals surface area contributed by atoms with Gasteiger partial charge in [0.2, 0.25) is 5.66 Å². The third kappa shape index (κ3) is 3.61. The molecule has 8 nitrogen and oxygen atoms in total. The van der Waals surface area contributed by atoms with Gasteiger partial charge in [0.05, 0.1) is 0 Å². The standard InChI is InChI=1S/C14H15N3O5/c15-14(6-7-17(8-11(18)19)13(21)16-14)12(20)22-9-10-4-2-1-3-5-10/h1-7H,8-9,15H2,(H,16,21)(H,18,19). The van der Waals surface area contributed by atoms with Gasteiger partial charge in [0.1, 0.15) is 13.2 Å². The molecule has 22 heavy (non-hydrogen) atoms. The molecule has 1 heterocycles. The number of ether oxygens (including phenoxy) is 1. The van der Waals surface area contributed by atoms with Crippen molar-refractivity contribution < 1.29 is 24.2 Å². The summed E-state index contributed by atoms with van der Waals surface area (Å²) in [5.74, 6) is -2.02. The fraction of sp³-hybridized carbons (Fsp3) is 0.214. The second-order valence-corrected chi connectivity index (χ2v) is 4.70. The smallest absolute Gasteiger partial charge is 0.351 e. The highest BCUT2D eigenvalue weighted by molar-refractivity contribution is 5.91. The van der Waals surface area contributed by atoms with E-state index < -0.39 is 30.2 Å². The van der Waals surface area contributed by atoms with Crippen LogP contribution in [0.4, 0.5) is 4.79 Å². The summed E-state index contributed by atoms with van der Waals surface area (Å²) in [7, 11) is 0. The number of hydrogen-bond acceptors (Lipinski definition) is 5. The van der Waals surface area contributed by atoms with Crippen molar-refractivity contribution >= 4 is 18.0 Å². The lowest BCUT2D eigenvalue weighted by atomic mass is 10.1. The van der Waals surface area contributed by atoms with Crippen molar-refractivity contribution in [1.82, 2.24) is 10.2 Å². The molecule has 0 fully saturated rings. The molecule has 0 bridgehead atoms. The van der Waals surface area contributed by atoms with Gasteiger partial charge >= 0.3 is 18.0 Å². The minimum Gasteiger partial charge on any atom is -0.480 e. The molecule has 0 saturated heterocycles. The number of benzene rings is 1. The molecule has 1 atom stereocenters. The van der Waals surface area contributed by atoms with Crippen LogP contribution in [0, 0.1) is 0 Å². The predicted octanol–water partition coefficient (Wildman–Crippen LogP) is 0.00830. The molecule has 1 aliphatic rings. The van der Waals surface area contributed by atoms with Crippen LogP contribution in [0.1, 0.15) is 5.56 Å². The largest absolute Gasteiger partial charge is 0.480 e. The molecule has 2 rings (SSSR count).